The summed E-state index contributed by atoms with van der Waals surface area (Å²) in [7, 11) is -4.08. The largest absolute Gasteiger partial charge is 0.395 e. The summed E-state index contributed by atoms with van der Waals surface area (Å²) < 4.78 is 31.4. The molecule has 0 radical (unpaired) electrons. The molecule has 0 heterocycles. The number of hydrogen-bond donors (Lipinski definition) is 2. The van der Waals surface area contributed by atoms with Crippen LogP contribution in [-0.2, 0) is 10.1 Å². The molecule has 2 N–H and O–H groups in total. The second-order valence-corrected chi connectivity index (χ2v) is 6.46. The molecule has 6 heteroatoms. The summed E-state index contributed by atoms with van der Waals surface area (Å²) in [6, 6.07) is 0. The Morgan fingerprint density at radius 2 is 1.89 bits per heavy atom. The molecule has 0 aromatic heterocycles. The molecule has 0 aromatic carbocycles. The molecule has 0 aromatic rings. The maximum atomic E-state index is 11.2. The van der Waals surface area contributed by atoms with Gasteiger partial charge in [-0.3, -0.25) is 9.45 Å². The van der Waals surface area contributed by atoms with Gasteiger partial charge in [-0.2, -0.15) is 8.42 Å². The van der Waals surface area contributed by atoms with Crippen molar-refractivity contribution in [2.45, 2.75) is 51.8 Å². The standard InChI is InChI=1S/C12H27NO4S/c1-4-6-7-12(5-2)10-13(8-9-14)11(3)18(15,16)17/h11-12,14H,4-10H2,1-3H3,(H,15,16,17). The highest BCUT2D eigenvalue weighted by Crippen LogP contribution is 2.17. The molecular formula is C12H27NO4S. The molecule has 0 rings (SSSR count). The number of nitrogens with zero attached hydrogens (tertiary/aromatic N) is 1. The van der Waals surface area contributed by atoms with Crippen molar-refractivity contribution in [2.75, 3.05) is 19.7 Å². The van der Waals surface area contributed by atoms with E-state index >= 15 is 0 Å². The molecule has 0 fully saturated rings. The minimum absolute atomic E-state index is 0.107. The van der Waals surface area contributed by atoms with Gasteiger partial charge in [0.05, 0.1) is 6.61 Å². The zero-order chi connectivity index (χ0) is 14.2. The number of unbranched alkanes of at least 4 members (excludes halogenated alkanes) is 1. The Bertz CT molecular complexity index is 305. The lowest BCUT2D eigenvalue weighted by Crippen LogP contribution is -2.43. The van der Waals surface area contributed by atoms with Crippen molar-refractivity contribution >= 4 is 10.1 Å². The van der Waals surface area contributed by atoms with E-state index in [2.05, 4.69) is 13.8 Å². The van der Waals surface area contributed by atoms with Crippen LogP contribution in [0.25, 0.3) is 0 Å². The summed E-state index contributed by atoms with van der Waals surface area (Å²) in [4.78, 5) is 1.64. The highest BCUT2D eigenvalue weighted by atomic mass is 32.2. The summed E-state index contributed by atoms with van der Waals surface area (Å²) in [6.07, 6.45) is 4.25. The van der Waals surface area contributed by atoms with Crippen LogP contribution in [0, 0.1) is 5.92 Å². The van der Waals surface area contributed by atoms with E-state index in [9.17, 15) is 8.42 Å². The maximum absolute atomic E-state index is 11.2. The molecule has 0 bridgehead atoms. The summed E-state index contributed by atoms with van der Waals surface area (Å²) in [5.74, 6) is 0.403. The van der Waals surface area contributed by atoms with Gasteiger partial charge < -0.3 is 5.11 Å². The number of hydrogen-bond acceptors (Lipinski definition) is 4. The minimum Gasteiger partial charge on any atom is -0.395 e. The van der Waals surface area contributed by atoms with Crippen molar-refractivity contribution < 1.29 is 18.1 Å². The third kappa shape index (κ3) is 6.68. The van der Waals surface area contributed by atoms with Gasteiger partial charge in [0.15, 0.2) is 0 Å². The lowest BCUT2D eigenvalue weighted by atomic mass is 9.99. The summed E-state index contributed by atoms with van der Waals surface area (Å²) in [5.41, 5.74) is 0. The van der Waals surface area contributed by atoms with E-state index in [1.54, 1.807) is 4.90 Å². The van der Waals surface area contributed by atoms with Crippen LogP contribution < -0.4 is 0 Å². The summed E-state index contributed by atoms with van der Waals surface area (Å²) in [6.45, 7) is 6.41. The van der Waals surface area contributed by atoms with E-state index in [1.165, 1.54) is 6.92 Å². The smallest absolute Gasteiger partial charge is 0.280 e. The fourth-order valence-corrected chi connectivity index (χ4v) is 2.56. The SMILES string of the molecule is CCCCC(CC)CN(CCO)C(C)S(=O)(=O)O. The third-order valence-corrected chi connectivity index (χ3v) is 4.53. The molecule has 110 valence electrons. The molecule has 0 amide bonds. The van der Waals surface area contributed by atoms with Gasteiger partial charge in [-0.25, -0.2) is 0 Å². The zero-order valence-corrected chi connectivity index (χ0v) is 12.5. The molecule has 0 aliphatic carbocycles. The number of aliphatic hydroxyl groups is 1. The summed E-state index contributed by atoms with van der Waals surface area (Å²) >= 11 is 0. The van der Waals surface area contributed by atoms with Crippen LogP contribution in [0.2, 0.25) is 0 Å². The van der Waals surface area contributed by atoms with Crippen LogP contribution in [0.1, 0.15) is 46.5 Å². The van der Waals surface area contributed by atoms with Gasteiger partial charge in [0.1, 0.15) is 5.37 Å². The quantitative estimate of drug-likeness (QED) is 0.596. The van der Waals surface area contributed by atoms with Gasteiger partial charge in [-0.15, -0.1) is 0 Å². The number of rotatable bonds is 10. The van der Waals surface area contributed by atoms with Gasteiger partial charge in [0, 0.05) is 13.1 Å². The van der Waals surface area contributed by atoms with Gasteiger partial charge in [-0.1, -0.05) is 33.1 Å². The molecule has 5 nitrogen and oxygen atoms in total. The van der Waals surface area contributed by atoms with Crippen LogP contribution in [-0.4, -0.2) is 48.0 Å². The Morgan fingerprint density at radius 1 is 1.28 bits per heavy atom. The first-order valence-electron chi connectivity index (χ1n) is 6.67. The first-order chi connectivity index (χ1) is 8.36. The molecule has 2 unspecified atom stereocenters. The van der Waals surface area contributed by atoms with Crippen LogP contribution in [0.3, 0.4) is 0 Å². The van der Waals surface area contributed by atoms with Crippen molar-refractivity contribution in [3.63, 3.8) is 0 Å². The lowest BCUT2D eigenvalue weighted by Gasteiger charge is -2.30. The lowest BCUT2D eigenvalue weighted by molar-refractivity contribution is 0.157. The predicted octanol–water partition coefficient (Wildman–Crippen LogP) is 1.73. The Balaban J connectivity index is 4.58. The highest BCUT2D eigenvalue weighted by molar-refractivity contribution is 7.86. The second kappa shape index (κ2) is 8.85. The Hall–Kier alpha value is -0.170. The Kier molecular flexibility index (Phi) is 8.77. The first-order valence-corrected chi connectivity index (χ1v) is 8.18. The van der Waals surface area contributed by atoms with Crippen LogP contribution >= 0.6 is 0 Å². The molecule has 0 aliphatic heterocycles. The monoisotopic (exact) mass is 281 g/mol. The summed E-state index contributed by atoms with van der Waals surface area (Å²) in [5, 5.41) is 8.04. The van der Waals surface area contributed by atoms with E-state index in [0.29, 0.717) is 12.5 Å². The van der Waals surface area contributed by atoms with Gasteiger partial charge >= 0.3 is 0 Å². The average Bonchev–Trinajstić information content (AvgIpc) is 2.31. The van der Waals surface area contributed by atoms with Crippen molar-refractivity contribution in [3.05, 3.63) is 0 Å². The number of aliphatic hydroxyl groups excluding tert-OH is 1. The van der Waals surface area contributed by atoms with Gasteiger partial charge in [-0.05, 0) is 19.3 Å². The highest BCUT2D eigenvalue weighted by Gasteiger charge is 2.26. The van der Waals surface area contributed by atoms with E-state index in [1.807, 2.05) is 0 Å². The molecule has 18 heavy (non-hydrogen) atoms. The van der Waals surface area contributed by atoms with E-state index in [4.69, 9.17) is 9.66 Å². The van der Waals surface area contributed by atoms with Gasteiger partial charge in [0.25, 0.3) is 10.1 Å². The fraction of sp³-hybridized carbons (Fsp3) is 1.00. The molecule has 0 spiro atoms. The predicted molar refractivity (Wildman–Crippen MR) is 73.0 cm³/mol. The first kappa shape index (κ1) is 17.8. The zero-order valence-electron chi connectivity index (χ0n) is 11.7. The second-order valence-electron chi connectivity index (χ2n) is 4.75. The third-order valence-electron chi connectivity index (χ3n) is 3.37. The Morgan fingerprint density at radius 3 is 2.28 bits per heavy atom. The van der Waals surface area contributed by atoms with Crippen LogP contribution in [0.15, 0.2) is 0 Å². The molecule has 0 aliphatic rings. The van der Waals surface area contributed by atoms with Crippen molar-refractivity contribution in [1.82, 2.24) is 4.90 Å². The normalized spacial score (nSPS) is 15.9. The molecular weight excluding hydrogens is 254 g/mol. The van der Waals surface area contributed by atoms with Crippen molar-refractivity contribution in [3.8, 4) is 0 Å². The molecule has 2 atom stereocenters. The maximum Gasteiger partial charge on any atom is 0.280 e. The van der Waals surface area contributed by atoms with Crippen molar-refractivity contribution in [2.24, 2.45) is 5.92 Å². The Labute approximate surface area is 111 Å². The van der Waals surface area contributed by atoms with Gasteiger partial charge in [0.2, 0.25) is 0 Å². The van der Waals surface area contributed by atoms with E-state index in [0.717, 1.165) is 25.7 Å². The van der Waals surface area contributed by atoms with Crippen LogP contribution in [0.5, 0.6) is 0 Å². The average molecular weight is 281 g/mol. The molecule has 0 saturated heterocycles. The molecule has 0 saturated carbocycles. The van der Waals surface area contributed by atoms with E-state index < -0.39 is 15.5 Å². The van der Waals surface area contributed by atoms with Crippen LogP contribution in [0.4, 0.5) is 0 Å². The van der Waals surface area contributed by atoms with E-state index in [-0.39, 0.29) is 13.2 Å². The fourth-order valence-electron chi connectivity index (χ4n) is 1.99. The topological polar surface area (TPSA) is 77.8 Å². The van der Waals surface area contributed by atoms with Crippen molar-refractivity contribution in [1.29, 1.82) is 0 Å². The minimum atomic E-state index is -4.08.